The van der Waals surface area contributed by atoms with Crippen molar-refractivity contribution < 1.29 is 14.0 Å². The molecule has 1 aliphatic heterocycles. The van der Waals surface area contributed by atoms with Gasteiger partial charge < -0.3 is 14.6 Å². The summed E-state index contributed by atoms with van der Waals surface area (Å²) in [7, 11) is 0. The Labute approximate surface area is 139 Å². The molecule has 0 aromatic carbocycles. The number of hydrogen-bond acceptors (Lipinski definition) is 6. The van der Waals surface area contributed by atoms with Gasteiger partial charge in [-0.1, -0.05) is 0 Å². The van der Waals surface area contributed by atoms with E-state index >= 15 is 0 Å². The first-order valence-corrected chi connectivity index (χ1v) is 7.82. The fourth-order valence-corrected chi connectivity index (χ4v) is 2.84. The summed E-state index contributed by atoms with van der Waals surface area (Å²) in [5.74, 6) is -0.0357. The molecule has 8 nitrogen and oxygen atoms in total. The zero-order valence-corrected chi connectivity index (χ0v) is 13.7. The highest BCUT2D eigenvalue weighted by Gasteiger charge is 2.34. The second-order valence-electron chi connectivity index (χ2n) is 5.77. The van der Waals surface area contributed by atoms with Crippen LogP contribution < -0.4 is 5.32 Å². The zero-order valence-electron chi connectivity index (χ0n) is 13.7. The van der Waals surface area contributed by atoms with Crippen LogP contribution in [0, 0.1) is 6.92 Å². The van der Waals surface area contributed by atoms with Crippen molar-refractivity contribution >= 4 is 11.8 Å². The molecule has 1 N–H and O–H groups in total. The Kier molecular flexibility index (Phi) is 4.54. The lowest BCUT2D eigenvalue weighted by molar-refractivity contribution is -0.119. The summed E-state index contributed by atoms with van der Waals surface area (Å²) in [4.78, 5) is 38.2. The Hall–Kier alpha value is -2.77. The molecule has 2 amide bonds. The number of carbonyl (C=O) groups is 2. The number of aryl methyl sites for hydroxylation is 1. The van der Waals surface area contributed by atoms with Crippen molar-refractivity contribution in [1.82, 2.24) is 25.2 Å². The number of oxazole rings is 1. The molecule has 2 aromatic rings. The molecule has 0 radical (unpaired) electrons. The molecule has 0 bridgehead atoms. The van der Waals surface area contributed by atoms with Gasteiger partial charge in [0, 0.05) is 13.5 Å². The molecule has 3 rings (SSSR count). The van der Waals surface area contributed by atoms with Crippen molar-refractivity contribution in [3.63, 3.8) is 0 Å². The van der Waals surface area contributed by atoms with Crippen LogP contribution in [0.25, 0.3) is 0 Å². The van der Waals surface area contributed by atoms with E-state index in [4.69, 9.17) is 4.42 Å². The fourth-order valence-electron chi connectivity index (χ4n) is 2.84. The number of hydrogen-bond donors (Lipinski definition) is 1. The highest BCUT2D eigenvalue weighted by molar-refractivity contribution is 5.92. The smallest absolute Gasteiger partial charge is 0.292 e. The average Bonchev–Trinajstić information content (AvgIpc) is 3.21. The summed E-state index contributed by atoms with van der Waals surface area (Å²) in [5.41, 5.74) is 1.97. The minimum atomic E-state index is -0.179. The third-order valence-electron chi connectivity index (χ3n) is 4.02. The van der Waals surface area contributed by atoms with Crippen molar-refractivity contribution in [2.75, 3.05) is 6.54 Å². The van der Waals surface area contributed by atoms with Gasteiger partial charge in [-0.2, -0.15) is 0 Å². The molecule has 8 heteroatoms. The summed E-state index contributed by atoms with van der Waals surface area (Å²) in [6.45, 7) is 4.16. The van der Waals surface area contributed by atoms with Gasteiger partial charge in [0.15, 0.2) is 6.39 Å². The van der Waals surface area contributed by atoms with E-state index in [1.807, 2.05) is 0 Å². The monoisotopic (exact) mass is 329 g/mol. The molecule has 0 saturated carbocycles. The summed E-state index contributed by atoms with van der Waals surface area (Å²) in [5, 5.41) is 2.70. The highest BCUT2D eigenvalue weighted by Crippen LogP contribution is 2.32. The Morgan fingerprint density at radius 2 is 2.25 bits per heavy atom. The van der Waals surface area contributed by atoms with Crippen LogP contribution in [0.5, 0.6) is 0 Å². The molecule has 126 valence electrons. The maximum atomic E-state index is 12.7. The van der Waals surface area contributed by atoms with Crippen LogP contribution in [0.4, 0.5) is 0 Å². The molecule has 1 atom stereocenters. The SMILES string of the molecule is CC(=O)NCc1cncc([C@H]2CCCN2C(=O)c2ocnc2C)n1. The van der Waals surface area contributed by atoms with Gasteiger partial charge in [0.25, 0.3) is 5.91 Å². The van der Waals surface area contributed by atoms with Crippen LogP contribution in [0.1, 0.15) is 53.4 Å². The van der Waals surface area contributed by atoms with Crippen molar-refractivity contribution in [1.29, 1.82) is 0 Å². The van der Waals surface area contributed by atoms with Crippen molar-refractivity contribution in [3.8, 4) is 0 Å². The van der Waals surface area contributed by atoms with Crippen LogP contribution in [-0.2, 0) is 11.3 Å². The Morgan fingerprint density at radius 1 is 1.42 bits per heavy atom. The van der Waals surface area contributed by atoms with Gasteiger partial charge in [0.1, 0.15) is 0 Å². The van der Waals surface area contributed by atoms with E-state index in [9.17, 15) is 9.59 Å². The van der Waals surface area contributed by atoms with Gasteiger partial charge >= 0.3 is 0 Å². The largest absolute Gasteiger partial charge is 0.438 e. The van der Waals surface area contributed by atoms with Gasteiger partial charge in [0.05, 0.1) is 42.1 Å². The quantitative estimate of drug-likeness (QED) is 0.909. The fraction of sp³-hybridized carbons (Fsp3) is 0.438. The predicted octanol–water partition coefficient (Wildman–Crippen LogP) is 1.39. The standard InChI is InChI=1S/C16H19N5O3/c1-10-15(24-9-19-10)16(23)21-5-3-4-14(21)13-8-17-6-12(20-13)7-18-11(2)22/h6,8-9,14H,3-5,7H2,1-2H3,(H,18,22)/t14-/m1/s1. The number of carbonyl (C=O) groups excluding carboxylic acids is 2. The van der Waals surface area contributed by atoms with Gasteiger partial charge in [-0.3, -0.25) is 19.6 Å². The Balaban J connectivity index is 1.80. The van der Waals surface area contributed by atoms with E-state index in [1.165, 1.54) is 13.3 Å². The number of nitrogens with one attached hydrogen (secondary N) is 1. The predicted molar refractivity (Wildman–Crippen MR) is 83.8 cm³/mol. The second-order valence-corrected chi connectivity index (χ2v) is 5.77. The topological polar surface area (TPSA) is 101 Å². The highest BCUT2D eigenvalue weighted by atomic mass is 16.3. The minimum Gasteiger partial charge on any atom is -0.438 e. The second kappa shape index (κ2) is 6.77. The lowest BCUT2D eigenvalue weighted by atomic mass is 10.1. The minimum absolute atomic E-state index is 0.124. The average molecular weight is 329 g/mol. The number of rotatable bonds is 4. The van der Waals surface area contributed by atoms with Crippen LogP contribution >= 0.6 is 0 Å². The van der Waals surface area contributed by atoms with E-state index in [2.05, 4.69) is 20.3 Å². The van der Waals surface area contributed by atoms with Crippen LogP contribution in [-0.4, -0.2) is 38.2 Å². The number of likely N-dealkylation sites (tertiary alicyclic amines) is 1. The van der Waals surface area contributed by atoms with E-state index in [-0.39, 0.29) is 23.6 Å². The van der Waals surface area contributed by atoms with Gasteiger partial charge in [-0.05, 0) is 19.8 Å². The Bertz CT molecular complexity index is 758. The molecule has 24 heavy (non-hydrogen) atoms. The van der Waals surface area contributed by atoms with Gasteiger partial charge in [-0.25, -0.2) is 4.98 Å². The third-order valence-corrected chi connectivity index (χ3v) is 4.02. The first kappa shape index (κ1) is 16.1. The molecular weight excluding hydrogens is 310 g/mol. The van der Waals surface area contributed by atoms with E-state index in [0.717, 1.165) is 18.5 Å². The lowest BCUT2D eigenvalue weighted by Crippen LogP contribution is -2.31. The zero-order chi connectivity index (χ0) is 17.1. The lowest BCUT2D eigenvalue weighted by Gasteiger charge is -2.23. The van der Waals surface area contributed by atoms with Gasteiger partial charge in [0.2, 0.25) is 11.7 Å². The van der Waals surface area contributed by atoms with Crippen LogP contribution in [0.3, 0.4) is 0 Å². The molecule has 1 saturated heterocycles. The van der Waals surface area contributed by atoms with Crippen LogP contribution in [0.15, 0.2) is 23.2 Å². The van der Waals surface area contributed by atoms with Crippen LogP contribution in [0.2, 0.25) is 0 Å². The summed E-state index contributed by atoms with van der Waals surface area (Å²) >= 11 is 0. The molecule has 0 unspecified atom stereocenters. The maximum absolute atomic E-state index is 12.7. The number of nitrogens with zero attached hydrogens (tertiary/aromatic N) is 4. The summed E-state index contributed by atoms with van der Waals surface area (Å²) < 4.78 is 5.23. The van der Waals surface area contributed by atoms with Crippen molar-refractivity contribution in [2.45, 2.75) is 39.3 Å². The molecule has 2 aromatic heterocycles. The molecule has 1 fully saturated rings. The van der Waals surface area contributed by atoms with Crippen molar-refractivity contribution in [2.24, 2.45) is 0 Å². The number of amides is 2. The maximum Gasteiger partial charge on any atom is 0.292 e. The van der Waals surface area contributed by atoms with Crippen molar-refractivity contribution in [3.05, 3.63) is 41.6 Å². The molecular formula is C16H19N5O3. The normalized spacial score (nSPS) is 17.1. The summed E-state index contributed by atoms with van der Waals surface area (Å²) in [6, 6.07) is -0.147. The Morgan fingerprint density at radius 3 is 2.96 bits per heavy atom. The first-order chi connectivity index (χ1) is 11.6. The van der Waals surface area contributed by atoms with Gasteiger partial charge in [-0.15, -0.1) is 0 Å². The third kappa shape index (κ3) is 3.27. The number of aromatic nitrogens is 3. The first-order valence-electron chi connectivity index (χ1n) is 7.82. The molecule has 0 aliphatic carbocycles. The molecule has 0 spiro atoms. The van der Waals surface area contributed by atoms with E-state index in [1.54, 1.807) is 24.2 Å². The summed E-state index contributed by atoms with van der Waals surface area (Å²) in [6.07, 6.45) is 6.27. The molecule has 3 heterocycles. The van der Waals surface area contributed by atoms with E-state index in [0.29, 0.717) is 24.5 Å². The molecule has 1 aliphatic rings. The van der Waals surface area contributed by atoms with E-state index < -0.39 is 0 Å².